The van der Waals surface area contributed by atoms with E-state index in [0.717, 1.165) is 5.82 Å². The first-order chi connectivity index (χ1) is 9.24. The molecule has 104 valence electrons. The molecule has 0 aliphatic heterocycles. The molecule has 3 rings (SSSR count). The molecule has 0 bridgehead atoms. The molecule has 0 radical (unpaired) electrons. The lowest BCUT2D eigenvalue weighted by Gasteiger charge is -2.18. The molecule has 1 atom stereocenters. The van der Waals surface area contributed by atoms with Crippen molar-refractivity contribution in [3.8, 4) is 0 Å². The predicted molar refractivity (Wildman–Crippen MR) is 71.2 cm³/mol. The first kappa shape index (κ1) is 12.6. The van der Waals surface area contributed by atoms with Crippen LogP contribution in [0.1, 0.15) is 56.8 Å². The molecule has 2 saturated carbocycles. The van der Waals surface area contributed by atoms with Crippen molar-refractivity contribution in [1.29, 1.82) is 0 Å². The number of amides is 1. The Kier molecular flexibility index (Phi) is 3.53. The largest absolute Gasteiger partial charge is 0.346 e. The second-order valence-electron chi connectivity index (χ2n) is 5.98. The van der Waals surface area contributed by atoms with E-state index in [9.17, 15) is 4.79 Å². The van der Waals surface area contributed by atoms with Gasteiger partial charge in [-0.15, -0.1) is 0 Å². The van der Waals surface area contributed by atoms with Gasteiger partial charge >= 0.3 is 0 Å². The highest BCUT2D eigenvalue weighted by Crippen LogP contribution is 2.40. The van der Waals surface area contributed by atoms with Crippen LogP contribution in [0.2, 0.25) is 0 Å². The summed E-state index contributed by atoms with van der Waals surface area (Å²) in [6.07, 6.45) is 9.61. The Morgan fingerprint density at radius 2 is 2.16 bits per heavy atom. The molecule has 5 heteroatoms. The van der Waals surface area contributed by atoms with E-state index in [1.807, 2.05) is 7.05 Å². The number of hydrogen-bond donors (Lipinski definition) is 1. The number of carbonyl (C=O) groups is 1. The molecule has 2 fully saturated rings. The molecule has 19 heavy (non-hydrogen) atoms. The zero-order chi connectivity index (χ0) is 13.2. The molecule has 2 aliphatic rings. The van der Waals surface area contributed by atoms with Crippen LogP contribution >= 0.6 is 0 Å². The SMILES string of the molecule is Cn1ncnc1C(NC(=O)CC1CCCC1)C1CC1. The van der Waals surface area contributed by atoms with E-state index in [1.54, 1.807) is 11.0 Å². The molecular formula is C14H22N4O. The van der Waals surface area contributed by atoms with Crippen molar-refractivity contribution in [2.75, 3.05) is 0 Å². The zero-order valence-electron chi connectivity index (χ0n) is 11.5. The van der Waals surface area contributed by atoms with Crippen LogP contribution < -0.4 is 5.32 Å². The minimum Gasteiger partial charge on any atom is -0.346 e. The van der Waals surface area contributed by atoms with Crippen molar-refractivity contribution in [1.82, 2.24) is 20.1 Å². The van der Waals surface area contributed by atoms with Crippen LogP contribution in [0.5, 0.6) is 0 Å². The Bertz CT molecular complexity index is 446. The van der Waals surface area contributed by atoms with Gasteiger partial charge in [0.15, 0.2) is 0 Å². The van der Waals surface area contributed by atoms with Crippen LogP contribution in [0.3, 0.4) is 0 Å². The predicted octanol–water partition coefficient (Wildman–Crippen LogP) is 1.96. The second kappa shape index (κ2) is 5.31. The number of aromatic nitrogens is 3. The van der Waals surface area contributed by atoms with E-state index < -0.39 is 0 Å². The van der Waals surface area contributed by atoms with Gasteiger partial charge in [-0.05, 0) is 37.5 Å². The third-order valence-electron chi connectivity index (χ3n) is 4.38. The lowest BCUT2D eigenvalue weighted by atomic mass is 10.0. The zero-order valence-corrected chi connectivity index (χ0v) is 11.5. The third kappa shape index (κ3) is 2.96. The second-order valence-corrected chi connectivity index (χ2v) is 5.98. The number of carbonyl (C=O) groups excluding carboxylic acids is 1. The summed E-state index contributed by atoms with van der Waals surface area (Å²) < 4.78 is 1.78. The van der Waals surface area contributed by atoms with E-state index in [-0.39, 0.29) is 11.9 Å². The van der Waals surface area contributed by atoms with Gasteiger partial charge in [-0.1, -0.05) is 12.8 Å². The van der Waals surface area contributed by atoms with Crippen molar-refractivity contribution in [2.24, 2.45) is 18.9 Å². The summed E-state index contributed by atoms with van der Waals surface area (Å²) in [7, 11) is 1.89. The molecule has 0 spiro atoms. The average Bonchev–Trinajstić information content (AvgIpc) is 2.94. The van der Waals surface area contributed by atoms with Crippen molar-refractivity contribution in [3.63, 3.8) is 0 Å². The molecule has 1 aromatic rings. The van der Waals surface area contributed by atoms with Gasteiger partial charge < -0.3 is 5.32 Å². The Balaban J connectivity index is 1.61. The lowest BCUT2D eigenvalue weighted by molar-refractivity contribution is -0.123. The van der Waals surface area contributed by atoms with Gasteiger partial charge in [-0.3, -0.25) is 9.48 Å². The Morgan fingerprint density at radius 1 is 1.42 bits per heavy atom. The van der Waals surface area contributed by atoms with Crippen LogP contribution in [0.4, 0.5) is 0 Å². The van der Waals surface area contributed by atoms with Gasteiger partial charge in [0.1, 0.15) is 12.2 Å². The van der Waals surface area contributed by atoms with Gasteiger partial charge in [0, 0.05) is 13.5 Å². The van der Waals surface area contributed by atoms with E-state index in [2.05, 4.69) is 15.4 Å². The summed E-state index contributed by atoms with van der Waals surface area (Å²) >= 11 is 0. The fourth-order valence-electron chi connectivity index (χ4n) is 3.12. The maximum atomic E-state index is 12.2. The fraction of sp³-hybridized carbons (Fsp3) is 0.786. The highest BCUT2D eigenvalue weighted by Gasteiger charge is 2.36. The average molecular weight is 262 g/mol. The van der Waals surface area contributed by atoms with Crippen LogP contribution in [0, 0.1) is 11.8 Å². The van der Waals surface area contributed by atoms with Crippen LogP contribution in [-0.2, 0) is 11.8 Å². The molecule has 1 N–H and O–H groups in total. The van der Waals surface area contributed by atoms with E-state index in [4.69, 9.17) is 0 Å². The van der Waals surface area contributed by atoms with Crippen molar-refractivity contribution in [2.45, 2.75) is 51.0 Å². The summed E-state index contributed by atoms with van der Waals surface area (Å²) in [4.78, 5) is 16.5. The standard InChI is InChI=1S/C14H22N4O/c1-18-14(15-9-16-18)13(11-6-7-11)17-12(19)8-10-4-2-3-5-10/h9-11,13H,2-8H2,1H3,(H,17,19). The molecule has 0 aromatic carbocycles. The van der Waals surface area contributed by atoms with Gasteiger partial charge in [0.05, 0.1) is 6.04 Å². The Labute approximate surface area is 113 Å². The highest BCUT2D eigenvalue weighted by atomic mass is 16.1. The van der Waals surface area contributed by atoms with Crippen molar-refractivity contribution < 1.29 is 4.79 Å². The number of nitrogens with zero attached hydrogens (tertiary/aromatic N) is 3. The molecule has 1 amide bonds. The van der Waals surface area contributed by atoms with Crippen molar-refractivity contribution in [3.05, 3.63) is 12.2 Å². The van der Waals surface area contributed by atoms with Gasteiger partial charge in [0.25, 0.3) is 0 Å². The smallest absolute Gasteiger partial charge is 0.220 e. The lowest BCUT2D eigenvalue weighted by Crippen LogP contribution is -2.32. The molecule has 1 unspecified atom stereocenters. The summed E-state index contributed by atoms with van der Waals surface area (Å²) in [5.41, 5.74) is 0. The first-order valence-corrected chi connectivity index (χ1v) is 7.37. The molecule has 1 aromatic heterocycles. The topological polar surface area (TPSA) is 59.8 Å². The summed E-state index contributed by atoms with van der Waals surface area (Å²) in [5, 5.41) is 7.30. The normalized spacial score (nSPS) is 21.5. The van der Waals surface area contributed by atoms with E-state index in [0.29, 0.717) is 18.3 Å². The van der Waals surface area contributed by atoms with E-state index in [1.165, 1.54) is 38.5 Å². The van der Waals surface area contributed by atoms with Crippen LogP contribution in [0.25, 0.3) is 0 Å². The fourth-order valence-corrected chi connectivity index (χ4v) is 3.12. The third-order valence-corrected chi connectivity index (χ3v) is 4.38. The summed E-state index contributed by atoms with van der Waals surface area (Å²) in [5.74, 6) is 2.23. The van der Waals surface area contributed by atoms with Gasteiger partial charge in [-0.25, -0.2) is 4.98 Å². The maximum absolute atomic E-state index is 12.2. The highest BCUT2D eigenvalue weighted by molar-refractivity contribution is 5.76. The van der Waals surface area contributed by atoms with Crippen LogP contribution in [0.15, 0.2) is 6.33 Å². The number of aryl methyl sites for hydroxylation is 1. The summed E-state index contributed by atoms with van der Waals surface area (Å²) in [6.45, 7) is 0. The molecule has 0 saturated heterocycles. The molecule has 5 nitrogen and oxygen atoms in total. The van der Waals surface area contributed by atoms with Gasteiger partial charge in [-0.2, -0.15) is 5.10 Å². The number of hydrogen-bond acceptors (Lipinski definition) is 3. The summed E-state index contributed by atoms with van der Waals surface area (Å²) in [6, 6.07) is 0.0569. The van der Waals surface area contributed by atoms with E-state index >= 15 is 0 Å². The Hall–Kier alpha value is -1.39. The molecule has 2 aliphatic carbocycles. The molecular weight excluding hydrogens is 240 g/mol. The Morgan fingerprint density at radius 3 is 2.74 bits per heavy atom. The van der Waals surface area contributed by atoms with Crippen molar-refractivity contribution >= 4 is 5.91 Å². The monoisotopic (exact) mass is 262 g/mol. The minimum absolute atomic E-state index is 0.0569. The molecule has 1 heterocycles. The first-order valence-electron chi connectivity index (χ1n) is 7.37. The quantitative estimate of drug-likeness (QED) is 0.882. The minimum atomic E-state index is 0.0569. The maximum Gasteiger partial charge on any atom is 0.220 e. The van der Waals surface area contributed by atoms with Gasteiger partial charge in [0.2, 0.25) is 5.91 Å². The number of nitrogens with one attached hydrogen (secondary N) is 1. The van der Waals surface area contributed by atoms with Crippen LogP contribution in [-0.4, -0.2) is 20.7 Å². The number of rotatable bonds is 5.